The molecular weight excluding hydrogens is 508 g/mol. The Hall–Kier alpha value is -2.43. The first-order chi connectivity index (χ1) is 17.5. The third kappa shape index (κ3) is 7.33. The van der Waals surface area contributed by atoms with E-state index in [-0.39, 0.29) is 0 Å². The number of ether oxygens (including phenoxy) is 1. The molecular formula is C28H36N2O5S2. The molecule has 1 aliphatic heterocycles. The largest absolute Gasteiger partial charge is 0.490 e. The highest BCUT2D eigenvalue weighted by Gasteiger charge is 2.28. The molecule has 3 atom stereocenters. The molecule has 0 spiro atoms. The van der Waals surface area contributed by atoms with Crippen LogP contribution in [0.3, 0.4) is 0 Å². The molecule has 0 amide bonds. The Labute approximate surface area is 222 Å². The standard InChI is InChI=1S/C27H32N2O2S.CH4O3S/c1-17-16-32-27-8-7-20(13-23(17)27)21-9-10-29(19(3)12-21)14-22(30)15-31-26-6-4-5-25-24(26)11-18(2)28-25;1-5(2,3)4/h4-8,11,13,16,19,21-22,28,30H,9-10,12,14-15H2,1-3H3;1H3,(H,2,3,4)/t19-,21+,22-;/m0./s1. The van der Waals surface area contributed by atoms with Crippen LogP contribution in [0.25, 0.3) is 21.0 Å². The molecule has 2 aromatic carbocycles. The summed E-state index contributed by atoms with van der Waals surface area (Å²) >= 11 is 1.83. The van der Waals surface area contributed by atoms with Crippen molar-refractivity contribution in [3.63, 3.8) is 0 Å². The summed E-state index contributed by atoms with van der Waals surface area (Å²) in [4.78, 5) is 5.75. The molecule has 2 aromatic heterocycles. The molecule has 4 aromatic rings. The minimum atomic E-state index is -3.67. The number of thiophene rings is 1. The minimum absolute atomic E-state index is 0.310. The molecule has 37 heavy (non-hydrogen) atoms. The van der Waals surface area contributed by atoms with Crippen molar-refractivity contribution in [3.05, 3.63) is 64.7 Å². The number of benzene rings is 2. The van der Waals surface area contributed by atoms with E-state index < -0.39 is 16.2 Å². The van der Waals surface area contributed by atoms with Gasteiger partial charge in [0, 0.05) is 33.9 Å². The molecule has 3 heterocycles. The lowest BCUT2D eigenvalue weighted by Gasteiger charge is -2.38. The summed E-state index contributed by atoms with van der Waals surface area (Å²) < 4.78 is 33.3. The third-order valence-electron chi connectivity index (χ3n) is 6.91. The number of β-amino-alcohol motifs (C(OH)–C–C–N with tert-alkyl or cyclic N) is 1. The number of aryl methyl sites for hydroxylation is 2. The number of piperidine rings is 1. The number of hydrogen-bond donors (Lipinski definition) is 3. The number of aromatic amines is 1. The molecule has 0 bridgehead atoms. The van der Waals surface area contributed by atoms with Gasteiger partial charge in [0.05, 0.1) is 6.26 Å². The van der Waals surface area contributed by atoms with Gasteiger partial charge in [0.25, 0.3) is 10.1 Å². The zero-order valence-corrected chi connectivity index (χ0v) is 23.4. The number of rotatable bonds is 6. The molecule has 0 saturated carbocycles. The van der Waals surface area contributed by atoms with Gasteiger partial charge in [-0.15, -0.1) is 11.3 Å². The Morgan fingerprint density at radius 2 is 1.95 bits per heavy atom. The predicted molar refractivity (Wildman–Crippen MR) is 152 cm³/mol. The highest BCUT2D eigenvalue weighted by atomic mass is 32.2. The first-order valence-electron chi connectivity index (χ1n) is 12.5. The van der Waals surface area contributed by atoms with Crippen LogP contribution in [0.2, 0.25) is 0 Å². The molecule has 5 rings (SSSR count). The number of H-pyrrole nitrogens is 1. The normalized spacial score (nSPS) is 19.5. The predicted octanol–water partition coefficient (Wildman–Crippen LogP) is 5.51. The van der Waals surface area contributed by atoms with Crippen molar-refractivity contribution in [1.82, 2.24) is 9.88 Å². The van der Waals surface area contributed by atoms with Crippen molar-refractivity contribution in [1.29, 1.82) is 0 Å². The van der Waals surface area contributed by atoms with E-state index in [2.05, 4.69) is 59.4 Å². The number of likely N-dealkylation sites (tertiary alicyclic amines) is 1. The molecule has 0 aliphatic carbocycles. The van der Waals surface area contributed by atoms with Gasteiger partial charge in [-0.1, -0.05) is 12.1 Å². The van der Waals surface area contributed by atoms with Crippen LogP contribution >= 0.6 is 11.3 Å². The summed E-state index contributed by atoms with van der Waals surface area (Å²) in [6.45, 7) is 8.51. The van der Waals surface area contributed by atoms with Gasteiger partial charge in [0.1, 0.15) is 18.5 Å². The first kappa shape index (κ1) is 27.6. The second kappa shape index (κ2) is 11.5. The van der Waals surface area contributed by atoms with E-state index in [9.17, 15) is 13.5 Å². The number of nitrogens with zero attached hydrogens (tertiary/aromatic N) is 1. The van der Waals surface area contributed by atoms with Crippen LogP contribution in [0.15, 0.2) is 47.8 Å². The van der Waals surface area contributed by atoms with E-state index in [4.69, 9.17) is 9.29 Å². The summed E-state index contributed by atoms with van der Waals surface area (Å²) in [5.74, 6) is 1.42. The molecule has 7 nitrogen and oxygen atoms in total. The Balaban J connectivity index is 0.000000586. The van der Waals surface area contributed by atoms with Crippen molar-refractivity contribution < 1.29 is 22.8 Å². The highest BCUT2D eigenvalue weighted by molar-refractivity contribution is 7.85. The van der Waals surface area contributed by atoms with Crippen molar-refractivity contribution >= 4 is 42.4 Å². The van der Waals surface area contributed by atoms with Gasteiger partial charge in [0.2, 0.25) is 0 Å². The fourth-order valence-corrected chi connectivity index (χ4v) is 6.05. The zero-order chi connectivity index (χ0) is 26.7. The SMILES string of the molecule is CS(=O)(=O)O.Cc1cc2c(OC[C@@H](O)CN3CC[C@@H](c4ccc5scc(C)c5c4)C[C@@H]3C)cccc2[nH]1. The van der Waals surface area contributed by atoms with Crippen LogP contribution in [0.1, 0.15) is 42.5 Å². The lowest BCUT2D eigenvalue weighted by molar-refractivity contribution is 0.0406. The molecule has 3 N–H and O–H groups in total. The second-order valence-corrected chi connectivity index (χ2v) is 12.5. The third-order valence-corrected chi connectivity index (χ3v) is 7.99. The van der Waals surface area contributed by atoms with E-state index in [0.29, 0.717) is 31.4 Å². The van der Waals surface area contributed by atoms with E-state index in [1.165, 1.54) is 21.2 Å². The second-order valence-electron chi connectivity index (χ2n) is 10.1. The lowest BCUT2D eigenvalue weighted by Crippen LogP contribution is -2.45. The van der Waals surface area contributed by atoms with Gasteiger partial charge < -0.3 is 14.8 Å². The summed E-state index contributed by atoms with van der Waals surface area (Å²) in [5, 5.41) is 15.4. The zero-order valence-electron chi connectivity index (χ0n) is 21.8. The maximum atomic E-state index is 10.7. The Kier molecular flexibility index (Phi) is 8.60. The number of hydrogen-bond acceptors (Lipinski definition) is 6. The summed E-state index contributed by atoms with van der Waals surface area (Å²) in [6, 6.07) is 15.6. The Morgan fingerprint density at radius 3 is 2.68 bits per heavy atom. The number of fused-ring (bicyclic) bond motifs is 2. The van der Waals surface area contributed by atoms with E-state index >= 15 is 0 Å². The van der Waals surface area contributed by atoms with Gasteiger partial charge in [-0.05, 0) is 98.3 Å². The number of aliphatic hydroxyl groups is 1. The smallest absolute Gasteiger partial charge is 0.261 e. The lowest BCUT2D eigenvalue weighted by atomic mass is 9.85. The van der Waals surface area contributed by atoms with Crippen molar-refractivity contribution in [2.24, 2.45) is 0 Å². The Morgan fingerprint density at radius 1 is 1.19 bits per heavy atom. The van der Waals surface area contributed by atoms with Gasteiger partial charge >= 0.3 is 0 Å². The number of aliphatic hydroxyl groups excluding tert-OH is 1. The summed E-state index contributed by atoms with van der Waals surface area (Å²) in [6.07, 6.45) is 2.47. The molecule has 200 valence electrons. The van der Waals surface area contributed by atoms with E-state index in [0.717, 1.165) is 41.7 Å². The first-order valence-corrected chi connectivity index (χ1v) is 15.2. The van der Waals surface area contributed by atoms with Gasteiger partial charge in [-0.3, -0.25) is 9.45 Å². The van der Waals surface area contributed by atoms with E-state index in [1.54, 1.807) is 0 Å². The van der Waals surface area contributed by atoms with Crippen LogP contribution in [-0.2, 0) is 10.1 Å². The van der Waals surface area contributed by atoms with Crippen LogP contribution in [0, 0.1) is 13.8 Å². The highest BCUT2D eigenvalue weighted by Crippen LogP contribution is 2.35. The molecule has 0 radical (unpaired) electrons. The van der Waals surface area contributed by atoms with E-state index in [1.807, 2.05) is 30.4 Å². The van der Waals surface area contributed by atoms with Crippen LogP contribution in [-0.4, -0.2) is 66.1 Å². The molecule has 1 aliphatic rings. The fraction of sp³-hybridized carbons (Fsp3) is 0.429. The van der Waals surface area contributed by atoms with Crippen LogP contribution < -0.4 is 4.74 Å². The maximum absolute atomic E-state index is 10.7. The van der Waals surface area contributed by atoms with Gasteiger partial charge in [-0.2, -0.15) is 8.42 Å². The van der Waals surface area contributed by atoms with Crippen LogP contribution in [0.4, 0.5) is 0 Å². The monoisotopic (exact) mass is 544 g/mol. The average molecular weight is 545 g/mol. The van der Waals surface area contributed by atoms with Crippen LogP contribution in [0.5, 0.6) is 5.75 Å². The van der Waals surface area contributed by atoms with Gasteiger partial charge in [0.15, 0.2) is 0 Å². The summed E-state index contributed by atoms with van der Waals surface area (Å²) in [5.41, 5.74) is 5.03. The number of nitrogens with one attached hydrogen (secondary N) is 1. The summed E-state index contributed by atoms with van der Waals surface area (Å²) in [7, 11) is -3.67. The quantitative estimate of drug-likeness (QED) is 0.277. The topological polar surface area (TPSA) is 103 Å². The van der Waals surface area contributed by atoms with Gasteiger partial charge in [-0.25, -0.2) is 0 Å². The fourth-order valence-electron chi connectivity index (χ4n) is 5.12. The van der Waals surface area contributed by atoms with Crippen molar-refractivity contribution in [2.75, 3.05) is 26.0 Å². The molecule has 1 saturated heterocycles. The Bertz CT molecular complexity index is 1450. The maximum Gasteiger partial charge on any atom is 0.261 e. The van der Waals surface area contributed by atoms with Crippen molar-refractivity contribution in [2.45, 2.75) is 51.7 Å². The molecule has 0 unspecified atom stereocenters. The molecule has 9 heteroatoms. The average Bonchev–Trinajstić information content (AvgIpc) is 3.39. The minimum Gasteiger partial charge on any atom is -0.490 e. The van der Waals surface area contributed by atoms with Crippen molar-refractivity contribution in [3.8, 4) is 5.75 Å². The molecule has 1 fully saturated rings. The number of aromatic nitrogens is 1.